The summed E-state index contributed by atoms with van der Waals surface area (Å²) in [6.45, 7) is 4.82. The van der Waals surface area contributed by atoms with Gasteiger partial charge in [-0.05, 0) is 48.0 Å². The highest BCUT2D eigenvalue weighted by Crippen LogP contribution is 2.25. The molecule has 0 fully saturated rings. The quantitative estimate of drug-likeness (QED) is 0.206. The first kappa shape index (κ1) is 23.7. The number of ether oxygens (including phenoxy) is 1. The SMILES string of the molecule is CCOCCn1c(=NC(=O)c2cc3c(ccc4ccccc43)oc2=O)sc2cc(NC(C)=O)ccc21. The van der Waals surface area contributed by atoms with Gasteiger partial charge in [0.25, 0.3) is 5.91 Å². The van der Waals surface area contributed by atoms with Gasteiger partial charge in [-0.3, -0.25) is 9.59 Å². The van der Waals surface area contributed by atoms with Crippen LogP contribution >= 0.6 is 11.3 Å². The van der Waals surface area contributed by atoms with E-state index in [2.05, 4.69) is 10.3 Å². The number of benzene rings is 3. The molecule has 5 rings (SSSR count). The fourth-order valence-corrected chi connectivity index (χ4v) is 5.22. The summed E-state index contributed by atoms with van der Waals surface area (Å²) >= 11 is 1.29. The molecule has 9 heteroatoms. The Morgan fingerprint density at radius 2 is 1.92 bits per heavy atom. The van der Waals surface area contributed by atoms with E-state index in [9.17, 15) is 14.4 Å². The summed E-state index contributed by atoms with van der Waals surface area (Å²) in [5.74, 6) is -0.858. The molecule has 0 spiro atoms. The normalized spacial score (nSPS) is 12.0. The van der Waals surface area contributed by atoms with Crippen molar-refractivity contribution in [3.05, 3.63) is 81.4 Å². The molecule has 0 radical (unpaired) electrons. The highest BCUT2D eigenvalue weighted by atomic mass is 32.1. The number of nitrogens with one attached hydrogen (secondary N) is 1. The van der Waals surface area contributed by atoms with E-state index in [1.807, 2.05) is 54.0 Å². The number of carbonyl (C=O) groups is 2. The molecule has 3 aromatic carbocycles. The number of hydrogen-bond acceptors (Lipinski definition) is 6. The van der Waals surface area contributed by atoms with Crippen molar-refractivity contribution in [1.82, 2.24) is 4.57 Å². The van der Waals surface area contributed by atoms with Crippen LogP contribution in [0.3, 0.4) is 0 Å². The van der Waals surface area contributed by atoms with Gasteiger partial charge in [-0.2, -0.15) is 4.99 Å². The van der Waals surface area contributed by atoms with Crippen molar-refractivity contribution >= 4 is 60.8 Å². The van der Waals surface area contributed by atoms with Crippen molar-refractivity contribution in [1.29, 1.82) is 0 Å². The zero-order valence-electron chi connectivity index (χ0n) is 19.7. The van der Waals surface area contributed by atoms with Crippen molar-refractivity contribution in [3.8, 4) is 0 Å². The van der Waals surface area contributed by atoms with E-state index in [0.29, 0.717) is 41.2 Å². The van der Waals surface area contributed by atoms with Crippen LogP contribution in [-0.4, -0.2) is 29.6 Å². The number of fused-ring (bicyclic) bond motifs is 4. The largest absolute Gasteiger partial charge is 0.422 e. The molecule has 0 aliphatic carbocycles. The second kappa shape index (κ2) is 9.88. The second-order valence-corrected chi connectivity index (χ2v) is 9.17. The van der Waals surface area contributed by atoms with Crippen LogP contribution in [0.25, 0.3) is 32.0 Å². The topological polar surface area (TPSA) is 103 Å². The van der Waals surface area contributed by atoms with Crippen LogP contribution in [0.2, 0.25) is 0 Å². The highest BCUT2D eigenvalue weighted by molar-refractivity contribution is 7.16. The van der Waals surface area contributed by atoms with Gasteiger partial charge in [0.2, 0.25) is 5.91 Å². The van der Waals surface area contributed by atoms with Crippen LogP contribution in [0.1, 0.15) is 24.2 Å². The van der Waals surface area contributed by atoms with Crippen LogP contribution < -0.4 is 15.7 Å². The summed E-state index contributed by atoms with van der Waals surface area (Å²) in [5, 5.41) is 5.29. The summed E-state index contributed by atoms with van der Waals surface area (Å²) in [6, 6.07) is 18.3. The molecule has 36 heavy (non-hydrogen) atoms. The predicted octanol–water partition coefficient (Wildman–Crippen LogP) is 4.70. The minimum atomic E-state index is -0.735. The van der Waals surface area contributed by atoms with Crippen LogP contribution in [-0.2, 0) is 16.1 Å². The Morgan fingerprint density at radius 3 is 2.72 bits per heavy atom. The molecule has 2 heterocycles. The van der Waals surface area contributed by atoms with Gasteiger partial charge in [0.1, 0.15) is 11.1 Å². The minimum absolute atomic E-state index is 0.133. The lowest BCUT2D eigenvalue weighted by atomic mass is 10.0. The smallest absolute Gasteiger partial charge is 0.349 e. The van der Waals surface area contributed by atoms with Crippen LogP contribution in [0.5, 0.6) is 0 Å². The zero-order chi connectivity index (χ0) is 25.2. The first-order valence-electron chi connectivity index (χ1n) is 11.5. The molecule has 5 aromatic rings. The number of rotatable bonds is 6. The molecule has 0 aliphatic heterocycles. The maximum absolute atomic E-state index is 13.3. The van der Waals surface area contributed by atoms with Gasteiger partial charge in [0.15, 0.2) is 4.80 Å². The van der Waals surface area contributed by atoms with E-state index in [1.54, 1.807) is 18.2 Å². The third kappa shape index (κ3) is 4.58. The summed E-state index contributed by atoms with van der Waals surface area (Å²) in [7, 11) is 0. The van der Waals surface area contributed by atoms with Crippen molar-refractivity contribution < 1.29 is 18.7 Å². The molecule has 0 saturated carbocycles. The third-order valence-electron chi connectivity index (χ3n) is 5.74. The van der Waals surface area contributed by atoms with Gasteiger partial charge in [-0.15, -0.1) is 0 Å². The average molecular weight is 502 g/mol. The summed E-state index contributed by atoms with van der Waals surface area (Å²) < 4.78 is 13.7. The molecule has 2 amide bonds. The molecule has 8 nitrogen and oxygen atoms in total. The van der Waals surface area contributed by atoms with Gasteiger partial charge < -0.3 is 19.0 Å². The molecule has 0 saturated heterocycles. The lowest BCUT2D eigenvalue weighted by molar-refractivity contribution is -0.114. The number of anilines is 1. The summed E-state index contributed by atoms with van der Waals surface area (Å²) in [6.07, 6.45) is 0. The Morgan fingerprint density at radius 1 is 1.08 bits per heavy atom. The number of hydrogen-bond donors (Lipinski definition) is 1. The van der Waals surface area contributed by atoms with Gasteiger partial charge >= 0.3 is 5.63 Å². The Balaban J connectivity index is 1.64. The van der Waals surface area contributed by atoms with E-state index in [0.717, 1.165) is 21.0 Å². The average Bonchev–Trinajstić information content (AvgIpc) is 3.19. The minimum Gasteiger partial charge on any atom is -0.422 e. The van der Waals surface area contributed by atoms with E-state index in [-0.39, 0.29) is 11.5 Å². The molecular weight excluding hydrogens is 478 g/mol. The van der Waals surface area contributed by atoms with E-state index >= 15 is 0 Å². The lowest BCUT2D eigenvalue weighted by Crippen LogP contribution is -2.21. The van der Waals surface area contributed by atoms with Gasteiger partial charge in [-0.1, -0.05) is 41.7 Å². The van der Waals surface area contributed by atoms with E-state index in [4.69, 9.17) is 9.15 Å². The Labute approximate surface area is 209 Å². The molecule has 0 unspecified atom stereocenters. The fourth-order valence-electron chi connectivity index (χ4n) is 4.12. The Kier molecular flexibility index (Phi) is 6.49. The van der Waals surface area contributed by atoms with Crippen molar-refractivity contribution in [2.24, 2.45) is 4.99 Å². The number of thiazole rings is 1. The van der Waals surface area contributed by atoms with Crippen LogP contribution in [0.4, 0.5) is 5.69 Å². The monoisotopic (exact) mass is 501 g/mol. The van der Waals surface area contributed by atoms with Gasteiger partial charge in [0.05, 0.1) is 16.8 Å². The zero-order valence-corrected chi connectivity index (χ0v) is 20.6. The maximum atomic E-state index is 13.3. The van der Waals surface area contributed by atoms with Crippen LogP contribution in [0, 0.1) is 0 Å². The number of carbonyl (C=O) groups excluding carboxylic acids is 2. The Bertz CT molecular complexity index is 1760. The predicted molar refractivity (Wildman–Crippen MR) is 140 cm³/mol. The van der Waals surface area contributed by atoms with Crippen molar-refractivity contribution in [2.45, 2.75) is 20.4 Å². The lowest BCUT2D eigenvalue weighted by Gasteiger charge is -2.06. The fraction of sp³-hybridized carbons (Fsp3) is 0.185. The summed E-state index contributed by atoms with van der Waals surface area (Å²) in [5.41, 5.74) is 1.03. The molecule has 1 N–H and O–H groups in total. The molecule has 0 bridgehead atoms. The molecule has 182 valence electrons. The van der Waals surface area contributed by atoms with E-state index in [1.165, 1.54) is 18.3 Å². The Hall–Kier alpha value is -4.08. The molecule has 2 aromatic heterocycles. The number of nitrogens with zero attached hydrogens (tertiary/aromatic N) is 2. The van der Waals surface area contributed by atoms with Crippen LogP contribution in [0.15, 0.2) is 74.9 Å². The molecule has 0 aliphatic rings. The third-order valence-corrected chi connectivity index (χ3v) is 6.78. The molecule has 0 atom stereocenters. The first-order chi connectivity index (χ1) is 17.4. The van der Waals surface area contributed by atoms with Crippen molar-refractivity contribution in [2.75, 3.05) is 18.5 Å². The highest BCUT2D eigenvalue weighted by Gasteiger charge is 2.16. The number of amides is 2. The van der Waals surface area contributed by atoms with Gasteiger partial charge in [0, 0.05) is 31.1 Å². The maximum Gasteiger partial charge on any atom is 0.349 e. The molecular formula is C27H23N3O5S. The first-order valence-corrected chi connectivity index (χ1v) is 12.3. The number of aromatic nitrogens is 1. The summed E-state index contributed by atoms with van der Waals surface area (Å²) in [4.78, 5) is 42.2. The van der Waals surface area contributed by atoms with Crippen molar-refractivity contribution in [3.63, 3.8) is 0 Å². The van der Waals surface area contributed by atoms with Gasteiger partial charge in [-0.25, -0.2) is 4.79 Å². The standard InChI is InChI=1S/C27H23N3O5S/c1-3-34-13-12-30-22-10-9-18(28-16(2)31)14-24(22)36-27(30)29-25(32)21-15-20-19-7-5-4-6-17(19)8-11-23(20)35-26(21)33/h4-11,14-15H,3,12-13H2,1-2H3,(H,28,31). The van der Waals surface area contributed by atoms with E-state index < -0.39 is 11.5 Å². The second-order valence-electron chi connectivity index (χ2n) is 8.16.